The standard InChI is InChI=1S/C22H28N2O4.ClH/c1-15-9-17(12-23)13-24(15)22(25)18-10-19(26-2)21(20(11-18)27-3)28-14-16-7-5-4-6-8-16;/h4-8,10-11,15,17H,9,12-14,23H2,1-3H3;1H. The van der Waals surface area contributed by atoms with Crippen LogP contribution in [0.5, 0.6) is 17.2 Å². The number of hydrogen-bond donors (Lipinski definition) is 1. The Morgan fingerprint density at radius 3 is 2.28 bits per heavy atom. The van der Waals surface area contributed by atoms with E-state index >= 15 is 0 Å². The second-order valence-electron chi connectivity index (χ2n) is 7.13. The molecule has 2 unspecified atom stereocenters. The van der Waals surface area contributed by atoms with Gasteiger partial charge in [0.1, 0.15) is 6.61 Å². The van der Waals surface area contributed by atoms with Gasteiger partial charge in [0.05, 0.1) is 14.2 Å². The monoisotopic (exact) mass is 420 g/mol. The van der Waals surface area contributed by atoms with Gasteiger partial charge in [-0.05, 0) is 43.5 Å². The first kappa shape index (κ1) is 22.8. The molecule has 29 heavy (non-hydrogen) atoms. The summed E-state index contributed by atoms with van der Waals surface area (Å²) in [5, 5.41) is 0. The quantitative estimate of drug-likeness (QED) is 0.741. The minimum Gasteiger partial charge on any atom is -0.493 e. The van der Waals surface area contributed by atoms with Gasteiger partial charge in [-0.3, -0.25) is 4.79 Å². The molecular weight excluding hydrogens is 392 g/mol. The Hall–Kier alpha value is -2.44. The summed E-state index contributed by atoms with van der Waals surface area (Å²) in [7, 11) is 3.11. The van der Waals surface area contributed by atoms with E-state index in [4.69, 9.17) is 19.9 Å². The number of rotatable bonds is 7. The van der Waals surface area contributed by atoms with Crippen molar-refractivity contribution >= 4 is 18.3 Å². The van der Waals surface area contributed by atoms with Crippen molar-refractivity contribution < 1.29 is 19.0 Å². The van der Waals surface area contributed by atoms with E-state index in [1.54, 1.807) is 26.4 Å². The lowest BCUT2D eigenvalue weighted by Gasteiger charge is -2.23. The molecule has 3 rings (SSSR count). The lowest BCUT2D eigenvalue weighted by molar-refractivity contribution is 0.0742. The van der Waals surface area contributed by atoms with Crippen molar-refractivity contribution in [2.45, 2.75) is 26.0 Å². The van der Waals surface area contributed by atoms with Crippen molar-refractivity contribution in [1.82, 2.24) is 4.90 Å². The van der Waals surface area contributed by atoms with Gasteiger partial charge in [-0.15, -0.1) is 12.4 Å². The zero-order chi connectivity index (χ0) is 20.1. The van der Waals surface area contributed by atoms with Gasteiger partial charge in [0, 0.05) is 18.2 Å². The molecular formula is C22H29ClN2O4. The van der Waals surface area contributed by atoms with Crippen LogP contribution in [0.2, 0.25) is 0 Å². The van der Waals surface area contributed by atoms with Gasteiger partial charge in [-0.1, -0.05) is 30.3 Å². The molecule has 2 aromatic rings. The second kappa shape index (κ2) is 10.4. The van der Waals surface area contributed by atoms with E-state index in [-0.39, 0.29) is 24.4 Å². The molecule has 1 amide bonds. The maximum absolute atomic E-state index is 13.1. The molecule has 0 aliphatic carbocycles. The average Bonchev–Trinajstić information content (AvgIpc) is 3.12. The maximum atomic E-state index is 13.1. The molecule has 0 bridgehead atoms. The van der Waals surface area contributed by atoms with Crippen molar-refractivity contribution in [2.75, 3.05) is 27.3 Å². The highest BCUT2D eigenvalue weighted by Crippen LogP contribution is 2.40. The van der Waals surface area contributed by atoms with Gasteiger partial charge in [0.15, 0.2) is 11.5 Å². The number of benzene rings is 2. The fourth-order valence-corrected chi connectivity index (χ4v) is 3.64. The topological polar surface area (TPSA) is 74.0 Å². The van der Waals surface area contributed by atoms with E-state index in [0.29, 0.717) is 48.4 Å². The number of nitrogens with zero attached hydrogens (tertiary/aromatic N) is 1. The van der Waals surface area contributed by atoms with Gasteiger partial charge < -0.3 is 24.8 Å². The molecule has 1 saturated heterocycles. The third kappa shape index (κ3) is 5.14. The Labute approximate surface area is 178 Å². The molecule has 1 fully saturated rings. The number of likely N-dealkylation sites (tertiary alicyclic amines) is 1. The molecule has 6 nitrogen and oxygen atoms in total. The summed E-state index contributed by atoms with van der Waals surface area (Å²) in [4.78, 5) is 15.0. The average molecular weight is 421 g/mol. The third-order valence-corrected chi connectivity index (χ3v) is 5.19. The summed E-state index contributed by atoms with van der Waals surface area (Å²) in [6.45, 7) is 3.70. The summed E-state index contributed by atoms with van der Waals surface area (Å²) in [5.74, 6) is 1.73. The van der Waals surface area contributed by atoms with Gasteiger partial charge in [0.25, 0.3) is 5.91 Å². The van der Waals surface area contributed by atoms with Crippen LogP contribution in [0.1, 0.15) is 29.3 Å². The highest BCUT2D eigenvalue weighted by Gasteiger charge is 2.33. The lowest BCUT2D eigenvalue weighted by Crippen LogP contribution is -2.34. The van der Waals surface area contributed by atoms with E-state index < -0.39 is 0 Å². The van der Waals surface area contributed by atoms with Crippen LogP contribution >= 0.6 is 12.4 Å². The van der Waals surface area contributed by atoms with Crippen molar-refractivity contribution in [1.29, 1.82) is 0 Å². The zero-order valence-electron chi connectivity index (χ0n) is 17.1. The number of amides is 1. The minimum absolute atomic E-state index is 0. The number of nitrogens with two attached hydrogens (primary N) is 1. The van der Waals surface area contributed by atoms with Crippen LogP contribution < -0.4 is 19.9 Å². The molecule has 0 spiro atoms. The molecule has 2 aromatic carbocycles. The van der Waals surface area contributed by atoms with Gasteiger partial charge in [0.2, 0.25) is 5.75 Å². The fraction of sp³-hybridized carbons (Fsp3) is 0.409. The summed E-state index contributed by atoms with van der Waals surface area (Å²) in [5.41, 5.74) is 7.35. The Morgan fingerprint density at radius 1 is 1.14 bits per heavy atom. The predicted molar refractivity (Wildman–Crippen MR) is 115 cm³/mol. The largest absolute Gasteiger partial charge is 0.493 e. The molecule has 7 heteroatoms. The van der Waals surface area contributed by atoms with Gasteiger partial charge in [-0.2, -0.15) is 0 Å². The minimum atomic E-state index is -0.0466. The van der Waals surface area contributed by atoms with Crippen LogP contribution in [0.15, 0.2) is 42.5 Å². The summed E-state index contributed by atoms with van der Waals surface area (Å²) in [6.07, 6.45) is 0.925. The molecule has 1 aliphatic heterocycles. The Kier molecular flexibility index (Phi) is 8.17. The highest BCUT2D eigenvalue weighted by molar-refractivity contribution is 5.96. The molecule has 0 saturated carbocycles. The van der Waals surface area contributed by atoms with E-state index in [2.05, 4.69) is 6.92 Å². The first-order chi connectivity index (χ1) is 13.6. The summed E-state index contributed by atoms with van der Waals surface area (Å²) >= 11 is 0. The van der Waals surface area contributed by atoms with E-state index in [0.717, 1.165) is 12.0 Å². The molecule has 0 radical (unpaired) electrons. The van der Waals surface area contributed by atoms with Crippen molar-refractivity contribution in [2.24, 2.45) is 11.7 Å². The Bertz CT molecular complexity index is 791. The highest BCUT2D eigenvalue weighted by atomic mass is 35.5. The third-order valence-electron chi connectivity index (χ3n) is 5.19. The number of methoxy groups -OCH3 is 2. The van der Waals surface area contributed by atoms with E-state index in [1.807, 2.05) is 35.2 Å². The van der Waals surface area contributed by atoms with Crippen LogP contribution in [0.25, 0.3) is 0 Å². The molecule has 2 atom stereocenters. The zero-order valence-corrected chi connectivity index (χ0v) is 17.9. The molecule has 1 aliphatic rings. The number of ether oxygens (including phenoxy) is 3. The van der Waals surface area contributed by atoms with Gasteiger partial charge >= 0.3 is 0 Å². The predicted octanol–water partition coefficient (Wildman–Crippen LogP) is 3.51. The first-order valence-corrected chi connectivity index (χ1v) is 9.51. The smallest absolute Gasteiger partial charge is 0.254 e. The molecule has 0 aromatic heterocycles. The van der Waals surface area contributed by atoms with Crippen molar-refractivity contribution in [3.05, 3.63) is 53.6 Å². The summed E-state index contributed by atoms with van der Waals surface area (Å²) in [6, 6.07) is 13.4. The molecule has 2 N–H and O–H groups in total. The SMILES string of the molecule is COc1cc(C(=O)N2CC(CN)CC2C)cc(OC)c1OCc1ccccc1.Cl. The van der Waals surface area contributed by atoms with Crippen LogP contribution in [-0.2, 0) is 6.61 Å². The van der Waals surface area contributed by atoms with E-state index in [9.17, 15) is 4.79 Å². The van der Waals surface area contributed by atoms with Crippen molar-refractivity contribution in [3.8, 4) is 17.2 Å². The van der Waals surface area contributed by atoms with Crippen LogP contribution in [-0.4, -0.2) is 44.2 Å². The molecule has 1 heterocycles. The second-order valence-corrected chi connectivity index (χ2v) is 7.13. The number of carbonyl (C=O) groups excluding carboxylic acids is 1. The lowest BCUT2D eigenvalue weighted by atomic mass is 10.1. The van der Waals surface area contributed by atoms with Gasteiger partial charge in [-0.25, -0.2) is 0 Å². The fourth-order valence-electron chi connectivity index (χ4n) is 3.64. The van der Waals surface area contributed by atoms with Crippen LogP contribution in [0.4, 0.5) is 0 Å². The van der Waals surface area contributed by atoms with Crippen molar-refractivity contribution in [3.63, 3.8) is 0 Å². The summed E-state index contributed by atoms with van der Waals surface area (Å²) < 4.78 is 17.0. The first-order valence-electron chi connectivity index (χ1n) is 9.51. The Morgan fingerprint density at radius 2 is 1.76 bits per heavy atom. The number of carbonyl (C=O) groups is 1. The Balaban J connectivity index is 0.00000300. The van der Waals surface area contributed by atoms with E-state index in [1.165, 1.54) is 0 Å². The number of halogens is 1. The maximum Gasteiger partial charge on any atom is 0.254 e. The number of hydrogen-bond acceptors (Lipinski definition) is 5. The normalized spacial score (nSPS) is 18.1. The van der Waals surface area contributed by atoms with Crippen LogP contribution in [0, 0.1) is 5.92 Å². The molecule has 158 valence electrons. The van der Waals surface area contributed by atoms with Crippen LogP contribution in [0.3, 0.4) is 0 Å².